The van der Waals surface area contributed by atoms with Crippen LogP contribution in [-0.2, 0) is 4.79 Å². The SMILES string of the molecule is CC/C=C(C)/C=C(/C=O)c1cc(C)ccc1C. The highest BCUT2D eigenvalue weighted by atomic mass is 16.1. The lowest BCUT2D eigenvalue weighted by Gasteiger charge is -2.07. The predicted molar refractivity (Wildman–Crippen MR) is 74.0 cm³/mol. The van der Waals surface area contributed by atoms with Crippen LogP contribution in [-0.4, -0.2) is 6.29 Å². The Morgan fingerprint density at radius 3 is 2.59 bits per heavy atom. The van der Waals surface area contributed by atoms with E-state index in [4.69, 9.17) is 0 Å². The second kappa shape index (κ2) is 6.19. The monoisotopic (exact) mass is 228 g/mol. The number of carbonyl (C=O) groups is 1. The Labute approximate surface area is 104 Å². The third kappa shape index (κ3) is 3.70. The summed E-state index contributed by atoms with van der Waals surface area (Å²) in [5, 5.41) is 0. The van der Waals surface area contributed by atoms with Crippen molar-refractivity contribution in [3.05, 3.63) is 52.6 Å². The minimum atomic E-state index is 0.758. The summed E-state index contributed by atoms with van der Waals surface area (Å²) in [4.78, 5) is 11.2. The van der Waals surface area contributed by atoms with Gasteiger partial charge in [-0.25, -0.2) is 0 Å². The molecule has 17 heavy (non-hydrogen) atoms. The topological polar surface area (TPSA) is 17.1 Å². The Morgan fingerprint density at radius 2 is 2.00 bits per heavy atom. The van der Waals surface area contributed by atoms with E-state index < -0.39 is 0 Å². The molecule has 0 saturated heterocycles. The zero-order valence-electron chi connectivity index (χ0n) is 11.1. The number of aryl methyl sites for hydroxylation is 2. The highest BCUT2D eigenvalue weighted by Crippen LogP contribution is 2.20. The van der Waals surface area contributed by atoms with Gasteiger partial charge in [0, 0.05) is 5.57 Å². The van der Waals surface area contributed by atoms with Crippen LogP contribution in [0.2, 0.25) is 0 Å². The first-order valence-electron chi connectivity index (χ1n) is 5.99. The largest absolute Gasteiger partial charge is 0.298 e. The van der Waals surface area contributed by atoms with Gasteiger partial charge in [0.25, 0.3) is 0 Å². The molecule has 0 aliphatic heterocycles. The molecule has 90 valence electrons. The number of rotatable bonds is 4. The molecule has 0 bridgehead atoms. The Balaban J connectivity index is 3.22. The van der Waals surface area contributed by atoms with Gasteiger partial charge in [-0.1, -0.05) is 42.3 Å². The maximum absolute atomic E-state index is 11.2. The van der Waals surface area contributed by atoms with Crippen molar-refractivity contribution in [2.45, 2.75) is 34.1 Å². The summed E-state index contributed by atoms with van der Waals surface area (Å²) in [5.41, 5.74) is 5.24. The molecule has 0 aliphatic rings. The molecule has 0 spiro atoms. The smallest absolute Gasteiger partial charge is 0.150 e. The molecule has 0 heterocycles. The summed E-state index contributed by atoms with van der Waals surface area (Å²) < 4.78 is 0. The molecule has 0 radical (unpaired) electrons. The van der Waals surface area contributed by atoms with E-state index in [0.717, 1.165) is 35.0 Å². The Morgan fingerprint density at radius 1 is 1.29 bits per heavy atom. The number of benzene rings is 1. The lowest BCUT2D eigenvalue weighted by molar-refractivity contribution is -0.103. The second-order valence-electron chi connectivity index (χ2n) is 4.39. The van der Waals surface area contributed by atoms with Gasteiger partial charge >= 0.3 is 0 Å². The fraction of sp³-hybridized carbons (Fsp3) is 0.312. The lowest BCUT2D eigenvalue weighted by Crippen LogP contribution is -1.92. The molecule has 1 aromatic carbocycles. The molecule has 0 fully saturated rings. The van der Waals surface area contributed by atoms with Crippen molar-refractivity contribution in [2.24, 2.45) is 0 Å². The van der Waals surface area contributed by atoms with E-state index >= 15 is 0 Å². The summed E-state index contributed by atoms with van der Waals surface area (Å²) in [6, 6.07) is 6.19. The van der Waals surface area contributed by atoms with Gasteiger partial charge in [0.1, 0.15) is 0 Å². The van der Waals surface area contributed by atoms with Gasteiger partial charge in [0.15, 0.2) is 6.29 Å². The van der Waals surface area contributed by atoms with E-state index in [1.165, 1.54) is 5.56 Å². The number of hydrogen-bond acceptors (Lipinski definition) is 1. The molecular formula is C16H20O. The zero-order valence-corrected chi connectivity index (χ0v) is 11.1. The van der Waals surface area contributed by atoms with Crippen molar-refractivity contribution < 1.29 is 4.79 Å². The molecule has 0 atom stereocenters. The number of hydrogen-bond donors (Lipinski definition) is 0. The van der Waals surface area contributed by atoms with E-state index in [1.54, 1.807) is 0 Å². The van der Waals surface area contributed by atoms with Gasteiger partial charge in [-0.3, -0.25) is 4.79 Å². The quantitative estimate of drug-likeness (QED) is 0.428. The van der Waals surface area contributed by atoms with Gasteiger partial charge < -0.3 is 0 Å². The van der Waals surface area contributed by atoms with Gasteiger partial charge in [-0.05, 0) is 44.4 Å². The molecule has 1 rings (SSSR count). The van der Waals surface area contributed by atoms with E-state index in [2.05, 4.69) is 31.2 Å². The Bertz CT molecular complexity index is 464. The highest BCUT2D eigenvalue weighted by Gasteiger charge is 2.04. The van der Waals surface area contributed by atoms with E-state index in [0.29, 0.717) is 0 Å². The van der Waals surface area contributed by atoms with Crippen molar-refractivity contribution >= 4 is 11.9 Å². The number of allylic oxidation sites excluding steroid dienone is 4. The van der Waals surface area contributed by atoms with Crippen LogP contribution < -0.4 is 0 Å². The van der Waals surface area contributed by atoms with Crippen LogP contribution in [0.25, 0.3) is 5.57 Å². The molecular weight excluding hydrogens is 208 g/mol. The number of aldehydes is 1. The molecule has 1 nitrogen and oxygen atoms in total. The lowest BCUT2D eigenvalue weighted by atomic mass is 9.97. The molecule has 0 aromatic heterocycles. The summed E-state index contributed by atoms with van der Waals surface area (Å²) in [6.45, 7) is 8.19. The minimum Gasteiger partial charge on any atom is -0.298 e. The first-order chi connectivity index (χ1) is 8.08. The maximum Gasteiger partial charge on any atom is 0.150 e. The number of carbonyl (C=O) groups excluding carboxylic acids is 1. The average molecular weight is 228 g/mol. The Kier molecular flexibility index (Phi) is 4.89. The summed E-state index contributed by atoms with van der Waals surface area (Å²) in [7, 11) is 0. The van der Waals surface area contributed by atoms with Gasteiger partial charge in [0.2, 0.25) is 0 Å². The second-order valence-corrected chi connectivity index (χ2v) is 4.39. The minimum absolute atomic E-state index is 0.758. The molecule has 0 saturated carbocycles. The van der Waals surface area contributed by atoms with Gasteiger partial charge in [-0.15, -0.1) is 0 Å². The molecule has 0 N–H and O–H groups in total. The van der Waals surface area contributed by atoms with Crippen LogP contribution in [0.5, 0.6) is 0 Å². The van der Waals surface area contributed by atoms with Crippen LogP contribution >= 0.6 is 0 Å². The third-order valence-corrected chi connectivity index (χ3v) is 2.74. The van der Waals surface area contributed by atoms with Crippen molar-refractivity contribution in [1.29, 1.82) is 0 Å². The van der Waals surface area contributed by atoms with Crippen LogP contribution in [0.15, 0.2) is 35.9 Å². The van der Waals surface area contributed by atoms with Crippen LogP contribution in [0, 0.1) is 13.8 Å². The zero-order chi connectivity index (χ0) is 12.8. The van der Waals surface area contributed by atoms with Gasteiger partial charge in [-0.2, -0.15) is 0 Å². The van der Waals surface area contributed by atoms with E-state index in [9.17, 15) is 4.79 Å². The molecule has 0 unspecified atom stereocenters. The summed E-state index contributed by atoms with van der Waals surface area (Å²) >= 11 is 0. The van der Waals surface area contributed by atoms with E-state index in [-0.39, 0.29) is 0 Å². The molecule has 0 amide bonds. The van der Waals surface area contributed by atoms with Crippen LogP contribution in [0.3, 0.4) is 0 Å². The van der Waals surface area contributed by atoms with Crippen molar-refractivity contribution in [2.75, 3.05) is 0 Å². The van der Waals surface area contributed by atoms with Crippen molar-refractivity contribution in [1.82, 2.24) is 0 Å². The van der Waals surface area contributed by atoms with Crippen LogP contribution in [0.4, 0.5) is 0 Å². The van der Waals surface area contributed by atoms with Crippen molar-refractivity contribution in [3.63, 3.8) is 0 Å². The Hall–Kier alpha value is -1.63. The highest BCUT2D eigenvalue weighted by molar-refractivity contribution is 6.08. The van der Waals surface area contributed by atoms with Gasteiger partial charge in [0.05, 0.1) is 0 Å². The average Bonchev–Trinajstić information content (AvgIpc) is 2.30. The molecule has 1 aromatic rings. The molecule has 1 heteroatoms. The normalized spacial score (nSPS) is 12.7. The maximum atomic E-state index is 11.2. The van der Waals surface area contributed by atoms with Crippen LogP contribution in [0.1, 0.15) is 37.0 Å². The van der Waals surface area contributed by atoms with Crippen molar-refractivity contribution in [3.8, 4) is 0 Å². The fourth-order valence-corrected chi connectivity index (χ4v) is 1.85. The summed E-state index contributed by atoms with van der Waals surface area (Å²) in [5.74, 6) is 0. The fourth-order valence-electron chi connectivity index (χ4n) is 1.85. The third-order valence-electron chi connectivity index (χ3n) is 2.74. The standard InChI is InChI=1S/C16H20O/c1-5-6-12(2)9-15(11-17)16-10-13(3)7-8-14(16)4/h6-11H,5H2,1-4H3/b12-6+,15-9-. The van der Waals surface area contributed by atoms with E-state index in [1.807, 2.05) is 26.8 Å². The first-order valence-corrected chi connectivity index (χ1v) is 5.99. The summed E-state index contributed by atoms with van der Waals surface area (Å²) in [6.07, 6.45) is 6.00. The first kappa shape index (κ1) is 13.4. The molecule has 0 aliphatic carbocycles. The predicted octanol–water partition coefficient (Wildman–Crippen LogP) is 4.24.